The van der Waals surface area contributed by atoms with E-state index < -0.39 is 0 Å². The molecule has 2 aromatic heterocycles. The number of nitrogens with zero attached hydrogens (tertiary/aromatic N) is 4. The largest absolute Gasteiger partial charge is 0.393 e. The minimum atomic E-state index is 0.536. The van der Waals surface area contributed by atoms with Gasteiger partial charge in [-0.05, 0) is 12.1 Å². The van der Waals surface area contributed by atoms with Gasteiger partial charge in [0, 0.05) is 13.1 Å². The zero-order valence-electron chi connectivity index (χ0n) is 12.4. The fraction of sp³-hybridized carbons (Fsp3) is 0.267. The normalized spacial score (nSPS) is 15.0. The molecule has 0 bridgehead atoms. The van der Waals surface area contributed by atoms with Crippen molar-refractivity contribution >= 4 is 44.0 Å². The van der Waals surface area contributed by atoms with E-state index in [2.05, 4.69) is 25.2 Å². The summed E-state index contributed by atoms with van der Waals surface area (Å²) in [4.78, 5) is 15.2. The van der Waals surface area contributed by atoms with Crippen LogP contribution in [0, 0.1) is 0 Å². The molecule has 7 nitrogen and oxygen atoms in total. The van der Waals surface area contributed by atoms with Crippen molar-refractivity contribution in [2.24, 2.45) is 0 Å². The molecule has 3 heterocycles. The Hall–Kier alpha value is -2.45. The average molecular weight is 328 g/mol. The Morgan fingerprint density at radius 1 is 1.17 bits per heavy atom. The van der Waals surface area contributed by atoms with Crippen LogP contribution in [0.2, 0.25) is 0 Å². The van der Waals surface area contributed by atoms with E-state index in [1.807, 2.05) is 24.3 Å². The van der Waals surface area contributed by atoms with Gasteiger partial charge >= 0.3 is 0 Å². The molecule has 0 radical (unpaired) electrons. The number of nitrogens with two attached hydrogens (primary N) is 1. The standard InChI is InChI=1S/C15H16N6OS/c16-12-13(17-9-18-14(12)21-5-7-22-8-6-21)20-15-19-10-3-1-2-4-11(10)23-15/h1-4,9H,5-8,16H2,(H,17,18,19,20). The fourth-order valence-electron chi connectivity index (χ4n) is 2.54. The van der Waals surface area contributed by atoms with Crippen molar-refractivity contribution in [3.8, 4) is 0 Å². The summed E-state index contributed by atoms with van der Waals surface area (Å²) in [5, 5.41) is 3.98. The number of nitrogens with one attached hydrogen (secondary N) is 1. The molecule has 0 atom stereocenters. The number of morpholine rings is 1. The lowest BCUT2D eigenvalue weighted by Crippen LogP contribution is -2.37. The first-order chi connectivity index (χ1) is 11.3. The molecule has 118 valence electrons. The number of anilines is 4. The molecule has 0 unspecified atom stereocenters. The predicted octanol–water partition coefficient (Wildman–Crippen LogP) is 2.25. The number of hydrogen-bond donors (Lipinski definition) is 2. The lowest BCUT2D eigenvalue weighted by atomic mass is 10.3. The van der Waals surface area contributed by atoms with Crippen LogP contribution in [0.1, 0.15) is 0 Å². The van der Waals surface area contributed by atoms with Crippen LogP contribution >= 0.6 is 11.3 Å². The first kappa shape index (κ1) is 14.2. The van der Waals surface area contributed by atoms with Gasteiger partial charge in [0.2, 0.25) is 0 Å². The third kappa shape index (κ3) is 2.78. The monoisotopic (exact) mass is 328 g/mol. The summed E-state index contributed by atoms with van der Waals surface area (Å²) in [5.74, 6) is 1.33. The number of aromatic nitrogens is 3. The summed E-state index contributed by atoms with van der Waals surface area (Å²) in [6.45, 7) is 2.93. The van der Waals surface area contributed by atoms with Gasteiger partial charge in [-0.25, -0.2) is 15.0 Å². The Morgan fingerprint density at radius 3 is 2.83 bits per heavy atom. The molecular formula is C15H16N6OS. The summed E-state index contributed by atoms with van der Waals surface area (Å²) in [6, 6.07) is 8.00. The highest BCUT2D eigenvalue weighted by atomic mass is 32.1. The number of thiazole rings is 1. The molecule has 23 heavy (non-hydrogen) atoms. The van der Waals surface area contributed by atoms with Gasteiger partial charge in [0.1, 0.15) is 12.0 Å². The van der Waals surface area contributed by atoms with Gasteiger partial charge in [0.15, 0.2) is 16.8 Å². The number of benzene rings is 1. The zero-order chi connectivity index (χ0) is 15.6. The zero-order valence-corrected chi connectivity index (χ0v) is 13.2. The van der Waals surface area contributed by atoms with E-state index in [9.17, 15) is 0 Å². The maximum absolute atomic E-state index is 6.26. The lowest BCUT2D eigenvalue weighted by molar-refractivity contribution is 0.122. The third-order valence-corrected chi connectivity index (χ3v) is 4.64. The van der Waals surface area contributed by atoms with Crippen molar-refractivity contribution in [2.75, 3.05) is 42.3 Å². The Kier molecular flexibility index (Phi) is 3.68. The molecule has 4 rings (SSSR count). The van der Waals surface area contributed by atoms with Crippen LogP contribution < -0.4 is 16.0 Å². The highest BCUT2D eigenvalue weighted by molar-refractivity contribution is 7.22. The molecule has 1 aromatic carbocycles. The Labute approximate surface area is 137 Å². The third-order valence-electron chi connectivity index (χ3n) is 3.69. The van der Waals surface area contributed by atoms with Crippen molar-refractivity contribution in [1.82, 2.24) is 15.0 Å². The Balaban J connectivity index is 1.63. The molecule has 3 aromatic rings. The maximum Gasteiger partial charge on any atom is 0.189 e. The van der Waals surface area contributed by atoms with Gasteiger partial charge in [-0.1, -0.05) is 23.5 Å². The van der Waals surface area contributed by atoms with Gasteiger partial charge in [-0.2, -0.15) is 0 Å². The van der Waals surface area contributed by atoms with E-state index in [0.717, 1.165) is 34.3 Å². The smallest absolute Gasteiger partial charge is 0.189 e. The molecule has 1 aliphatic heterocycles. The van der Waals surface area contributed by atoms with E-state index in [-0.39, 0.29) is 0 Å². The van der Waals surface area contributed by atoms with E-state index in [4.69, 9.17) is 10.5 Å². The highest BCUT2D eigenvalue weighted by Crippen LogP contribution is 2.32. The van der Waals surface area contributed by atoms with Crippen LogP contribution in [0.25, 0.3) is 10.2 Å². The number of para-hydroxylation sites is 1. The molecule has 0 aliphatic carbocycles. The quantitative estimate of drug-likeness (QED) is 0.762. The predicted molar refractivity (Wildman–Crippen MR) is 92.4 cm³/mol. The maximum atomic E-state index is 6.26. The molecular weight excluding hydrogens is 312 g/mol. The topological polar surface area (TPSA) is 89.2 Å². The van der Waals surface area contributed by atoms with Crippen molar-refractivity contribution in [1.29, 1.82) is 0 Å². The first-order valence-electron chi connectivity index (χ1n) is 7.37. The molecule has 3 N–H and O–H groups in total. The van der Waals surface area contributed by atoms with Gasteiger partial charge < -0.3 is 20.7 Å². The molecule has 8 heteroatoms. The fourth-order valence-corrected chi connectivity index (χ4v) is 3.40. The average Bonchev–Trinajstić information content (AvgIpc) is 3.00. The minimum Gasteiger partial charge on any atom is -0.393 e. The number of ether oxygens (including phenoxy) is 1. The summed E-state index contributed by atoms with van der Waals surface area (Å²) < 4.78 is 6.49. The van der Waals surface area contributed by atoms with Crippen LogP contribution in [0.5, 0.6) is 0 Å². The van der Waals surface area contributed by atoms with E-state index in [0.29, 0.717) is 24.7 Å². The summed E-state index contributed by atoms with van der Waals surface area (Å²) in [6.07, 6.45) is 1.52. The van der Waals surface area contributed by atoms with Crippen LogP contribution in [0.3, 0.4) is 0 Å². The second kappa shape index (κ2) is 5.98. The van der Waals surface area contributed by atoms with Crippen molar-refractivity contribution in [3.63, 3.8) is 0 Å². The summed E-state index contributed by atoms with van der Waals surface area (Å²) in [7, 11) is 0. The first-order valence-corrected chi connectivity index (χ1v) is 8.19. The summed E-state index contributed by atoms with van der Waals surface area (Å²) in [5.41, 5.74) is 7.76. The SMILES string of the molecule is Nc1c(Nc2nc3ccccc3s2)ncnc1N1CCOCC1. The lowest BCUT2D eigenvalue weighted by Gasteiger charge is -2.28. The van der Waals surface area contributed by atoms with Crippen molar-refractivity contribution in [3.05, 3.63) is 30.6 Å². The molecule has 0 spiro atoms. The van der Waals surface area contributed by atoms with Gasteiger partial charge in [-0.15, -0.1) is 0 Å². The van der Waals surface area contributed by atoms with Gasteiger partial charge in [0.05, 0.1) is 23.4 Å². The van der Waals surface area contributed by atoms with Gasteiger partial charge in [0.25, 0.3) is 0 Å². The van der Waals surface area contributed by atoms with Gasteiger partial charge in [-0.3, -0.25) is 0 Å². The minimum absolute atomic E-state index is 0.536. The Bertz CT molecular complexity index is 797. The van der Waals surface area contributed by atoms with Crippen LogP contribution in [-0.2, 0) is 4.74 Å². The molecule has 0 saturated carbocycles. The number of nitrogen functional groups attached to an aromatic ring is 1. The second-order valence-electron chi connectivity index (χ2n) is 5.17. The second-order valence-corrected chi connectivity index (χ2v) is 6.20. The van der Waals surface area contributed by atoms with Crippen molar-refractivity contribution in [2.45, 2.75) is 0 Å². The number of rotatable bonds is 3. The van der Waals surface area contributed by atoms with Crippen molar-refractivity contribution < 1.29 is 4.74 Å². The number of hydrogen-bond acceptors (Lipinski definition) is 8. The van der Waals surface area contributed by atoms with E-state index >= 15 is 0 Å². The molecule has 1 aliphatic rings. The number of fused-ring (bicyclic) bond motifs is 1. The van der Waals surface area contributed by atoms with E-state index in [1.54, 1.807) is 11.3 Å². The molecule has 1 saturated heterocycles. The van der Waals surface area contributed by atoms with Crippen LogP contribution in [0.4, 0.5) is 22.5 Å². The van der Waals surface area contributed by atoms with E-state index in [1.165, 1.54) is 6.33 Å². The van der Waals surface area contributed by atoms with Crippen LogP contribution in [-0.4, -0.2) is 41.3 Å². The summed E-state index contributed by atoms with van der Waals surface area (Å²) >= 11 is 1.57. The highest BCUT2D eigenvalue weighted by Gasteiger charge is 2.18. The molecule has 1 fully saturated rings. The molecule has 0 amide bonds. The van der Waals surface area contributed by atoms with Crippen LogP contribution in [0.15, 0.2) is 30.6 Å². The Morgan fingerprint density at radius 2 is 2.00 bits per heavy atom.